The number of anilines is 1. The van der Waals surface area contributed by atoms with Crippen molar-refractivity contribution in [2.24, 2.45) is 5.92 Å². The Labute approximate surface area is 203 Å². The Morgan fingerprint density at radius 2 is 1.43 bits per heavy atom. The summed E-state index contributed by atoms with van der Waals surface area (Å²) in [4.78, 5) is 41.2. The number of amides is 2. The Balaban J connectivity index is 1.30. The molecule has 35 heavy (non-hydrogen) atoms. The summed E-state index contributed by atoms with van der Waals surface area (Å²) in [7, 11) is 1.70. The number of carbonyl (C=O) groups excluding carboxylic acids is 3. The normalized spacial score (nSPS) is 13.9. The topological polar surface area (TPSA) is 66.9 Å². The summed E-state index contributed by atoms with van der Waals surface area (Å²) in [6.07, 6.45) is 0.995. The number of nitrogens with zero attached hydrogens (tertiary/aromatic N) is 2. The van der Waals surface area contributed by atoms with Crippen molar-refractivity contribution >= 4 is 23.5 Å². The standard InChI is InChI=1S/C28H27FN2O4/c1-19-3-5-20(6-4-19)26(32)30(2)24-11-13-25(14-12-24)35-28(34)22-15-17-31(18-16-22)27(33)21-7-9-23(29)10-8-21/h3-14,22H,15-18H2,1-2H3. The highest BCUT2D eigenvalue weighted by Crippen LogP contribution is 2.24. The van der Waals surface area contributed by atoms with Gasteiger partial charge in [0.15, 0.2) is 0 Å². The first-order valence-corrected chi connectivity index (χ1v) is 11.5. The Hall–Kier alpha value is -4.00. The number of piperidine rings is 1. The third-order valence-corrected chi connectivity index (χ3v) is 6.25. The number of esters is 1. The summed E-state index contributed by atoms with van der Waals surface area (Å²) in [6, 6.07) is 19.6. The van der Waals surface area contributed by atoms with Gasteiger partial charge in [-0.15, -0.1) is 0 Å². The van der Waals surface area contributed by atoms with E-state index in [1.165, 1.54) is 24.3 Å². The molecule has 0 spiro atoms. The molecule has 1 aliphatic rings. The van der Waals surface area contributed by atoms with Gasteiger partial charge in [-0.1, -0.05) is 17.7 Å². The van der Waals surface area contributed by atoms with Crippen LogP contribution in [0, 0.1) is 18.7 Å². The van der Waals surface area contributed by atoms with Gasteiger partial charge in [-0.2, -0.15) is 0 Å². The molecule has 2 amide bonds. The van der Waals surface area contributed by atoms with Crippen molar-refractivity contribution in [3.8, 4) is 5.75 Å². The Morgan fingerprint density at radius 3 is 2.03 bits per heavy atom. The van der Waals surface area contributed by atoms with Crippen molar-refractivity contribution in [1.29, 1.82) is 0 Å². The number of ether oxygens (including phenoxy) is 1. The maximum absolute atomic E-state index is 13.1. The minimum atomic E-state index is -0.388. The van der Waals surface area contributed by atoms with Crippen LogP contribution in [0.2, 0.25) is 0 Å². The van der Waals surface area contributed by atoms with Gasteiger partial charge in [-0.05, 0) is 80.4 Å². The molecule has 3 aromatic rings. The second-order valence-corrected chi connectivity index (χ2v) is 8.72. The maximum Gasteiger partial charge on any atom is 0.314 e. The van der Waals surface area contributed by atoms with Crippen LogP contribution in [0.3, 0.4) is 0 Å². The van der Waals surface area contributed by atoms with E-state index in [9.17, 15) is 18.8 Å². The monoisotopic (exact) mass is 474 g/mol. The first-order valence-electron chi connectivity index (χ1n) is 11.5. The van der Waals surface area contributed by atoms with E-state index in [0.29, 0.717) is 48.5 Å². The summed E-state index contributed by atoms with van der Waals surface area (Å²) in [5.41, 5.74) is 2.79. The van der Waals surface area contributed by atoms with E-state index in [1.54, 1.807) is 53.2 Å². The van der Waals surface area contributed by atoms with Crippen LogP contribution in [-0.2, 0) is 4.79 Å². The molecule has 0 unspecified atom stereocenters. The molecule has 0 aromatic heterocycles. The van der Waals surface area contributed by atoms with Gasteiger partial charge in [0.1, 0.15) is 11.6 Å². The highest BCUT2D eigenvalue weighted by atomic mass is 19.1. The van der Waals surface area contributed by atoms with Crippen LogP contribution in [0.5, 0.6) is 5.75 Å². The average molecular weight is 475 g/mol. The molecular weight excluding hydrogens is 447 g/mol. The van der Waals surface area contributed by atoms with Crippen molar-refractivity contribution in [2.45, 2.75) is 19.8 Å². The number of rotatable bonds is 5. The lowest BCUT2D eigenvalue weighted by atomic mass is 9.96. The third-order valence-electron chi connectivity index (χ3n) is 6.25. The van der Waals surface area contributed by atoms with E-state index in [0.717, 1.165) is 5.56 Å². The number of hydrogen-bond donors (Lipinski definition) is 0. The molecule has 0 saturated carbocycles. The van der Waals surface area contributed by atoms with E-state index < -0.39 is 0 Å². The number of halogens is 1. The number of carbonyl (C=O) groups is 3. The molecule has 1 aliphatic heterocycles. The van der Waals surface area contributed by atoms with Crippen LogP contribution in [0.1, 0.15) is 39.1 Å². The van der Waals surface area contributed by atoms with Crippen LogP contribution in [0.15, 0.2) is 72.8 Å². The van der Waals surface area contributed by atoms with Crippen molar-refractivity contribution in [3.05, 3.63) is 95.3 Å². The quantitative estimate of drug-likeness (QED) is 0.391. The maximum atomic E-state index is 13.1. The van der Waals surface area contributed by atoms with Gasteiger partial charge in [-0.3, -0.25) is 14.4 Å². The molecule has 1 heterocycles. The summed E-state index contributed by atoms with van der Waals surface area (Å²) < 4.78 is 18.7. The lowest BCUT2D eigenvalue weighted by Crippen LogP contribution is -2.41. The van der Waals surface area contributed by atoms with E-state index in [2.05, 4.69) is 0 Å². The molecule has 1 saturated heterocycles. The first kappa shape index (κ1) is 24.1. The van der Waals surface area contributed by atoms with E-state index in [1.807, 2.05) is 19.1 Å². The molecule has 180 valence electrons. The fourth-order valence-corrected chi connectivity index (χ4v) is 4.04. The van der Waals surface area contributed by atoms with Crippen LogP contribution in [-0.4, -0.2) is 42.8 Å². The van der Waals surface area contributed by atoms with Crippen molar-refractivity contribution < 1.29 is 23.5 Å². The summed E-state index contributed by atoms with van der Waals surface area (Å²) in [5, 5.41) is 0. The molecule has 3 aromatic carbocycles. The zero-order valence-corrected chi connectivity index (χ0v) is 19.7. The summed E-state index contributed by atoms with van der Waals surface area (Å²) >= 11 is 0. The Bertz CT molecular complexity index is 1200. The molecule has 0 aliphatic carbocycles. The molecule has 0 N–H and O–H groups in total. The number of hydrogen-bond acceptors (Lipinski definition) is 4. The smallest absolute Gasteiger partial charge is 0.314 e. The molecule has 0 atom stereocenters. The number of likely N-dealkylation sites (tertiary alicyclic amines) is 1. The molecule has 6 nitrogen and oxygen atoms in total. The van der Waals surface area contributed by atoms with Crippen LogP contribution in [0.25, 0.3) is 0 Å². The summed E-state index contributed by atoms with van der Waals surface area (Å²) in [5.74, 6) is -0.929. The predicted molar refractivity (Wildman–Crippen MR) is 131 cm³/mol. The predicted octanol–water partition coefficient (Wildman–Crippen LogP) is 4.87. The van der Waals surface area contributed by atoms with Crippen LogP contribution < -0.4 is 9.64 Å². The molecule has 1 fully saturated rings. The Kier molecular flexibility index (Phi) is 7.25. The highest BCUT2D eigenvalue weighted by Gasteiger charge is 2.29. The van der Waals surface area contributed by atoms with Gasteiger partial charge in [-0.25, -0.2) is 4.39 Å². The van der Waals surface area contributed by atoms with Gasteiger partial charge in [0.05, 0.1) is 5.92 Å². The number of aryl methyl sites for hydroxylation is 1. The Morgan fingerprint density at radius 1 is 0.857 bits per heavy atom. The van der Waals surface area contributed by atoms with Crippen molar-refractivity contribution in [1.82, 2.24) is 4.90 Å². The van der Waals surface area contributed by atoms with Gasteiger partial charge in [0.25, 0.3) is 11.8 Å². The lowest BCUT2D eigenvalue weighted by molar-refractivity contribution is -0.140. The minimum Gasteiger partial charge on any atom is -0.426 e. The molecule has 0 radical (unpaired) electrons. The third kappa shape index (κ3) is 5.74. The zero-order valence-electron chi connectivity index (χ0n) is 19.7. The molecule has 4 rings (SSSR count). The van der Waals surface area contributed by atoms with E-state index in [4.69, 9.17) is 4.74 Å². The largest absolute Gasteiger partial charge is 0.426 e. The van der Waals surface area contributed by atoms with Crippen molar-refractivity contribution in [3.63, 3.8) is 0 Å². The highest BCUT2D eigenvalue weighted by molar-refractivity contribution is 6.05. The fraction of sp³-hybridized carbons (Fsp3) is 0.250. The van der Waals surface area contributed by atoms with Crippen LogP contribution >= 0.6 is 0 Å². The van der Waals surface area contributed by atoms with Gasteiger partial charge < -0.3 is 14.5 Å². The van der Waals surface area contributed by atoms with E-state index >= 15 is 0 Å². The molecule has 7 heteroatoms. The average Bonchev–Trinajstić information content (AvgIpc) is 2.89. The van der Waals surface area contributed by atoms with E-state index in [-0.39, 0.29) is 29.5 Å². The number of benzene rings is 3. The fourth-order valence-electron chi connectivity index (χ4n) is 4.04. The zero-order chi connectivity index (χ0) is 24.9. The molecular formula is C28H27FN2O4. The first-order chi connectivity index (χ1) is 16.8. The van der Waals surface area contributed by atoms with Gasteiger partial charge >= 0.3 is 5.97 Å². The molecule has 0 bridgehead atoms. The second-order valence-electron chi connectivity index (χ2n) is 8.72. The second kappa shape index (κ2) is 10.5. The SMILES string of the molecule is Cc1ccc(C(=O)N(C)c2ccc(OC(=O)C3CCN(C(=O)c4ccc(F)cc4)CC3)cc2)cc1. The van der Waals surface area contributed by atoms with Crippen LogP contribution in [0.4, 0.5) is 10.1 Å². The summed E-state index contributed by atoms with van der Waals surface area (Å²) in [6.45, 7) is 2.83. The van der Waals surface area contributed by atoms with Crippen molar-refractivity contribution in [2.75, 3.05) is 25.0 Å². The lowest BCUT2D eigenvalue weighted by Gasteiger charge is -2.31. The van der Waals surface area contributed by atoms with Gasteiger partial charge in [0.2, 0.25) is 0 Å². The minimum absolute atomic E-state index is 0.128. The van der Waals surface area contributed by atoms with Gasteiger partial charge in [0, 0.05) is 37.0 Å².